The van der Waals surface area contributed by atoms with Crippen molar-refractivity contribution < 1.29 is 9.31 Å². The fraction of sp³-hybridized carbons (Fsp3) is 0.538. The summed E-state index contributed by atoms with van der Waals surface area (Å²) in [6.07, 6.45) is 0. The van der Waals surface area contributed by atoms with Crippen LogP contribution in [0, 0.1) is 0 Å². The maximum atomic E-state index is 6.22. The van der Waals surface area contributed by atoms with Crippen LogP contribution >= 0.6 is 11.6 Å². The van der Waals surface area contributed by atoms with Gasteiger partial charge in [-0.3, -0.25) is 0 Å². The highest BCUT2D eigenvalue weighted by atomic mass is 35.5. The highest BCUT2D eigenvalue weighted by Gasteiger charge is 2.53. The van der Waals surface area contributed by atoms with Crippen molar-refractivity contribution in [2.75, 3.05) is 5.73 Å². The first-order valence-electron chi connectivity index (χ1n) is 6.30. The molecule has 1 fully saturated rings. The minimum absolute atomic E-state index is 0.414. The average Bonchev–Trinajstić information content (AvgIpc) is 2.51. The lowest BCUT2D eigenvalue weighted by atomic mass is 9.74. The summed E-state index contributed by atoms with van der Waals surface area (Å²) in [6, 6.07) is 5.23. The number of anilines is 1. The molecule has 104 valence electrons. The molecule has 1 aromatic carbocycles. The first-order chi connectivity index (χ1) is 8.64. The second-order valence-corrected chi connectivity index (χ2v) is 6.36. The third kappa shape index (κ3) is 2.61. The van der Waals surface area contributed by atoms with Gasteiger partial charge in [-0.15, -0.1) is 0 Å². The summed E-state index contributed by atoms with van der Waals surface area (Å²) in [5, 5.41) is 0.594. The van der Waals surface area contributed by atoms with Crippen molar-refractivity contribution in [3.8, 4) is 0 Å². The van der Waals surface area contributed by atoms with Crippen LogP contribution in [-0.4, -0.2) is 18.3 Å². The molecule has 1 saturated heterocycles. The van der Waals surface area contributed by atoms with Crippen molar-refractivity contribution >= 4 is 24.4 Å². The predicted molar refractivity (Wildman–Crippen MR) is 78.9 cm³/mol. The molecule has 1 heterocycles. The maximum absolute atomic E-state index is 6.22. The van der Waals surface area contributed by atoms with Gasteiger partial charge in [-0.05, 0) is 51.5 Å². The van der Waals surface area contributed by atoms with Crippen molar-refractivity contribution in [3.05, 3.63) is 28.8 Å². The Labute approximate surface area is 119 Å². The van der Waals surface area contributed by atoms with Gasteiger partial charge in [-0.25, -0.2) is 0 Å². The number of halogens is 1. The average molecular weight is 283 g/mol. The van der Waals surface area contributed by atoms with E-state index in [4.69, 9.17) is 32.4 Å². The van der Waals surface area contributed by atoms with Crippen molar-refractivity contribution in [2.45, 2.75) is 44.8 Å². The quantitative estimate of drug-likeness (QED) is 0.646. The van der Waals surface area contributed by atoms with E-state index in [1.807, 2.05) is 27.7 Å². The van der Waals surface area contributed by atoms with Gasteiger partial charge in [0.05, 0.1) is 17.1 Å². The van der Waals surface area contributed by atoms with Gasteiger partial charge >= 0.3 is 7.12 Å². The van der Waals surface area contributed by atoms with Crippen molar-refractivity contribution in [1.29, 1.82) is 0 Å². The lowest BCUT2D eigenvalue weighted by molar-refractivity contribution is 0.00578. The summed E-state index contributed by atoms with van der Waals surface area (Å²) in [5.41, 5.74) is 12.7. The second kappa shape index (κ2) is 4.67. The van der Waals surface area contributed by atoms with Crippen LogP contribution < -0.4 is 11.5 Å². The largest absolute Gasteiger partial charge is 0.480 e. The van der Waals surface area contributed by atoms with Crippen LogP contribution in [0.1, 0.15) is 39.2 Å². The molecule has 0 spiro atoms. The molecule has 1 aromatic rings. The van der Waals surface area contributed by atoms with E-state index in [-0.39, 0.29) is 0 Å². The Kier molecular flexibility index (Phi) is 3.60. The highest BCUT2D eigenvalue weighted by Crippen LogP contribution is 2.40. The molecule has 0 aromatic heterocycles. The van der Waals surface area contributed by atoms with Gasteiger partial charge in [0.1, 0.15) is 0 Å². The van der Waals surface area contributed by atoms with Gasteiger partial charge in [-0.1, -0.05) is 11.6 Å². The second-order valence-electron chi connectivity index (χ2n) is 5.92. The number of hydrogen-bond donors (Lipinski definition) is 2. The smallest absolute Gasteiger partial charge is 0.402 e. The van der Waals surface area contributed by atoms with Crippen LogP contribution in [0.3, 0.4) is 0 Å². The number of nitrogen functional groups attached to an aromatic ring is 1. The molecular weight excluding hydrogens is 262 g/mol. The molecule has 1 aliphatic rings. The van der Waals surface area contributed by atoms with Gasteiger partial charge in [0.25, 0.3) is 0 Å². The standard InChI is InChI=1S/C13H20BClN2O2/c1-12(2)13(3,4)19-14(18-12)11(17)9-7-8(15)5-6-10(9)16/h5-7,11H,16-17H2,1-4H3. The third-order valence-corrected chi connectivity index (χ3v) is 4.21. The molecule has 4 nitrogen and oxygen atoms in total. The van der Waals surface area contributed by atoms with E-state index < -0.39 is 24.3 Å². The SMILES string of the molecule is CC1(C)OB(C(N)c2cc(Cl)ccc2N)OC1(C)C. The molecule has 0 radical (unpaired) electrons. The summed E-state index contributed by atoms with van der Waals surface area (Å²) in [4.78, 5) is 0. The Morgan fingerprint density at radius 1 is 1.16 bits per heavy atom. The van der Waals surface area contributed by atoms with Crippen LogP contribution in [0.2, 0.25) is 5.02 Å². The zero-order chi connectivity index (χ0) is 14.4. The van der Waals surface area contributed by atoms with Gasteiger partial charge in [0.2, 0.25) is 0 Å². The fourth-order valence-corrected chi connectivity index (χ4v) is 2.20. The van der Waals surface area contributed by atoms with E-state index in [9.17, 15) is 0 Å². The molecule has 4 N–H and O–H groups in total. The van der Waals surface area contributed by atoms with Gasteiger partial charge in [0, 0.05) is 10.7 Å². The van der Waals surface area contributed by atoms with E-state index >= 15 is 0 Å². The van der Waals surface area contributed by atoms with Crippen LogP contribution in [-0.2, 0) is 9.31 Å². The molecule has 6 heteroatoms. The van der Waals surface area contributed by atoms with E-state index in [2.05, 4.69) is 0 Å². The Morgan fingerprint density at radius 3 is 2.21 bits per heavy atom. The van der Waals surface area contributed by atoms with Crippen LogP contribution in [0.25, 0.3) is 0 Å². The highest BCUT2D eigenvalue weighted by molar-refractivity contribution is 6.47. The molecule has 19 heavy (non-hydrogen) atoms. The van der Waals surface area contributed by atoms with Crippen molar-refractivity contribution in [2.24, 2.45) is 5.73 Å². The molecule has 0 saturated carbocycles. The van der Waals surface area contributed by atoms with E-state index in [0.717, 1.165) is 5.56 Å². The molecular formula is C13H20BClN2O2. The maximum Gasteiger partial charge on any atom is 0.480 e. The van der Waals surface area contributed by atoms with Gasteiger partial charge in [0.15, 0.2) is 0 Å². The molecule has 1 atom stereocenters. The summed E-state index contributed by atoms with van der Waals surface area (Å²) in [6.45, 7) is 7.95. The Morgan fingerprint density at radius 2 is 1.68 bits per heavy atom. The Bertz CT molecular complexity index is 478. The molecule has 0 aliphatic carbocycles. The Balaban J connectivity index is 2.27. The van der Waals surface area contributed by atoms with Crippen molar-refractivity contribution in [1.82, 2.24) is 0 Å². The van der Waals surface area contributed by atoms with Crippen molar-refractivity contribution in [3.63, 3.8) is 0 Å². The summed E-state index contributed by atoms with van der Waals surface area (Å²) in [7, 11) is -0.536. The topological polar surface area (TPSA) is 70.5 Å². The number of nitrogens with two attached hydrogens (primary N) is 2. The fourth-order valence-electron chi connectivity index (χ4n) is 2.02. The molecule has 1 unspecified atom stereocenters. The molecule has 0 bridgehead atoms. The number of benzene rings is 1. The summed E-state index contributed by atoms with van der Waals surface area (Å²) < 4.78 is 11.9. The monoisotopic (exact) mass is 282 g/mol. The molecule has 0 amide bonds. The van der Waals surface area contributed by atoms with Gasteiger partial charge < -0.3 is 20.8 Å². The lowest BCUT2D eigenvalue weighted by Gasteiger charge is -2.32. The van der Waals surface area contributed by atoms with Crippen LogP contribution in [0.15, 0.2) is 18.2 Å². The molecule has 2 rings (SSSR count). The normalized spacial score (nSPS) is 22.5. The summed E-state index contributed by atoms with van der Waals surface area (Å²) >= 11 is 5.99. The first kappa shape index (κ1) is 14.7. The predicted octanol–water partition coefficient (Wildman–Crippen LogP) is 2.55. The Hall–Kier alpha value is -0.745. The third-order valence-electron chi connectivity index (χ3n) is 3.97. The minimum atomic E-state index is -0.536. The van der Waals surface area contributed by atoms with Crippen LogP contribution in [0.4, 0.5) is 5.69 Å². The van der Waals surface area contributed by atoms with E-state index in [0.29, 0.717) is 10.7 Å². The molecule has 1 aliphatic heterocycles. The summed E-state index contributed by atoms with van der Waals surface area (Å²) in [5.74, 6) is -0.472. The van der Waals surface area contributed by atoms with E-state index in [1.165, 1.54) is 0 Å². The first-order valence-corrected chi connectivity index (χ1v) is 6.68. The number of hydrogen-bond acceptors (Lipinski definition) is 4. The lowest BCUT2D eigenvalue weighted by Crippen LogP contribution is -2.41. The minimum Gasteiger partial charge on any atom is -0.402 e. The zero-order valence-electron chi connectivity index (χ0n) is 11.7. The zero-order valence-corrected chi connectivity index (χ0v) is 12.5. The van der Waals surface area contributed by atoms with Crippen LogP contribution in [0.5, 0.6) is 0 Å². The number of rotatable bonds is 2. The van der Waals surface area contributed by atoms with E-state index in [1.54, 1.807) is 18.2 Å². The van der Waals surface area contributed by atoms with Gasteiger partial charge in [-0.2, -0.15) is 0 Å².